The maximum Gasteiger partial charge on any atom is 0.255 e. The number of ether oxygens (including phenoxy) is 1. The Kier molecular flexibility index (Phi) is 5.66. The van der Waals surface area contributed by atoms with E-state index in [1.54, 1.807) is 18.1 Å². The standard InChI is InChI=1S/C14H20BrNO2/c1-5-10(6-2)16(3)14(17)12-9-11(18-4)7-8-13(12)15/h7-10H,5-6H2,1-4H3. The molecule has 0 radical (unpaired) electrons. The molecule has 0 atom stereocenters. The largest absolute Gasteiger partial charge is 0.497 e. The number of hydrogen-bond acceptors (Lipinski definition) is 2. The molecule has 0 saturated heterocycles. The number of carbonyl (C=O) groups is 1. The van der Waals surface area contributed by atoms with Crippen LogP contribution in [0.15, 0.2) is 22.7 Å². The number of benzene rings is 1. The Balaban J connectivity index is 3.02. The summed E-state index contributed by atoms with van der Waals surface area (Å²) >= 11 is 3.42. The normalized spacial score (nSPS) is 10.6. The van der Waals surface area contributed by atoms with Gasteiger partial charge in [0.05, 0.1) is 12.7 Å². The van der Waals surface area contributed by atoms with Gasteiger partial charge in [0.25, 0.3) is 5.91 Å². The van der Waals surface area contributed by atoms with Crippen molar-refractivity contribution in [3.63, 3.8) is 0 Å². The van der Waals surface area contributed by atoms with E-state index in [2.05, 4.69) is 29.8 Å². The minimum atomic E-state index is 0.0227. The van der Waals surface area contributed by atoms with E-state index in [4.69, 9.17) is 4.74 Å². The lowest BCUT2D eigenvalue weighted by Gasteiger charge is -2.26. The summed E-state index contributed by atoms with van der Waals surface area (Å²) in [5, 5.41) is 0. The quantitative estimate of drug-likeness (QED) is 0.829. The first-order valence-electron chi connectivity index (χ1n) is 6.15. The third kappa shape index (κ3) is 3.25. The summed E-state index contributed by atoms with van der Waals surface area (Å²) in [7, 11) is 3.45. The molecule has 3 nitrogen and oxygen atoms in total. The van der Waals surface area contributed by atoms with Gasteiger partial charge >= 0.3 is 0 Å². The maximum absolute atomic E-state index is 12.4. The summed E-state index contributed by atoms with van der Waals surface area (Å²) in [6.45, 7) is 4.19. The molecule has 1 amide bonds. The van der Waals surface area contributed by atoms with E-state index >= 15 is 0 Å². The van der Waals surface area contributed by atoms with Crippen LogP contribution in [0.4, 0.5) is 0 Å². The van der Waals surface area contributed by atoms with Crippen LogP contribution in [0.1, 0.15) is 37.0 Å². The van der Waals surface area contributed by atoms with Gasteiger partial charge in [-0.15, -0.1) is 0 Å². The number of rotatable bonds is 5. The monoisotopic (exact) mass is 313 g/mol. The summed E-state index contributed by atoms with van der Waals surface area (Å²) in [5.74, 6) is 0.717. The molecular weight excluding hydrogens is 294 g/mol. The first kappa shape index (κ1) is 15.0. The molecule has 1 aromatic carbocycles. The molecule has 0 N–H and O–H groups in total. The second kappa shape index (κ2) is 6.78. The topological polar surface area (TPSA) is 29.5 Å². The van der Waals surface area contributed by atoms with Crippen LogP contribution in [0.2, 0.25) is 0 Å². The minimum absolute atomic E-state index is 0.0227. The first-order valence-corrected chi connectivity index (χ1v) is 6.95. The van der Waals surface area contributed by atoms with Gasteiger partial charge < -0.3 is 9.64 Å². The van der Waals surface area contributed by atoms with E-state index in [0.29, 0.717) is 11.3 Å². The van der Waals surface area contributed by atoms with Crippen molar-refractivity contribution in [2.75, 3.05) is 14.2 Å². The molecule has 0 unspecified atom stereocenters. The summed E-state index contributed by atoms with van der Waals surface area (Å²) in [5.41, 5.74) is 0.642. The lowest BCUT2D eigenvalue weighted by molar-refractivity contribution is 0.0722. The van der Waals surface area contributed by atoms with Crippen molar-refractivity contribution in [1.82, 2.24) is 4.90 Å². The van der Waals surface area contributed by atoms with Crippen LogP contribution < -0.4 is 4.74 Å². The van der Waals surface area contributed by atoms with Crippen molar-refractivity contribution in [1.29, 1.82) is 0 Å². The molecule has 0 fully saturated rings. The van der Waals surface area contributed by atoms with E-state index in [1.165, 1.54) is 0 Å². The van der Waals surface area contributed by atoms with Gasteiger partial charge in [0.15, 0.2) is 0 Å². The fraction of sp³-hybridized carbons (Fsp3) is 0.500. The zero-order valence-electron chi connectivity index (χ0n) is 11.4. The number of halogens is 1. The van der Waals surface area contributed by atoms with Gasteiger partial charge in [-0.1, -0.05) is 13.8 Å². The van der Waals surface area contributed by atoms with E-state index in [0.717, 1.165) is 17.3 Å². The molecule has 4 heteroatoms. The Bertz CT molecular complexity index is 416. The van der Waals surface area contributed by atoms with Crippen LogP contribution in [-0.2, 0) is 0 Å². The van der Waals surface area contributed by atoms with Crippen LogP contribution in [-0.4, -0.2) is 31.0 Å². The van der Waals surface area contributed by atoms with Gasteiger partial charge in [0, 0.05) is 17.6 Å². The lowest BCUT2D eigenvalue weighted by atomic mass is 10.1. The van der Waals surface area contributed by atoms with E-state index < -0.39 is 0 Å². The second-order valence-corrected chi connectivity index (χ2v) is 5.09. The van der Waals surface area contributed by atoms with E-state index in [-0.39, 0.29) is 11.9 Å². The zero-order chi connectivity index (χ0) is 13.7. The highest BCUT2D eigenvalue weighted by Gasteiger charge is 2.20. The Hall–Kier alpha value is -1.03. The number of methoxy groups -OCH3 is 1. The SMILES string of the molecule is CCC(CC)N(C)C(=O)c1cc(OC)ccc1Br. The van der Waals surface area contributed by atoms with Gasteiger partial charge in [-0.2, -0.15) is 0 Å². The van der Waals surface area contributed by atoms with Crippen LogP contribution >= 0.6 is 15.9 Å². The van der Waals surface area contributed by atoms with Gasteiger partial charge in [0.1, 0.15) is 5.75 Å². The number of hydrogen-bond donors (Lipinski definition) is 0. The molecule has 0 saturated carbocycles. The third-order valence-corrected chi connectivity index (χ3v) is 3.91. The van der Waals surface area contributed by atoms with Crippen molar-refractivity contribution >= 4 is 21.8 Å². The number of nitrogens with zero attached hydrogens (tertiary/aromatic N) is 1. The summed E-state index contributed by atoms with van der Waals surface area (Å²) in [6, 6.07) is 5.71. The van der Waals surface area contributed by atoms with E-state index in [9.17, 15) is 4.79 Å². The van der Waals surface area contributed by atoms with Crippen molar-refractivity contribution in [3.8, 4) is 5.75 Å². The average Bonchev–Trinajstić information content (AvgIpc) is 2.39. The molecule has 1 aromatic rings. The maximum atomic E-state index is 12.4. The van der Waals surface area contributed by atoms with Crippen molar-refractivity contribution in [3.05, 3.63) is 28.2 Å². The van der Waals surface area contributed by atoms with E-state index in [1.807, 2.05) is 19.2 Å². The average molecular weight is 314 g/mol. The summed E-state index contributed by atoms with van der Waals surface area (Å²) in [6.07, 6.45) is 1.92. The molecule has 18 heavy (non-hydrogen) atoms. The third-order valence-electron chi connectivity index (χ3n) is 3.21. The molecule has 100 valence electrons. The Morgan fingerprint density at radius 2 is 2.00 bits per heavy atom. The molecule has 0 heterocycles. The molecule has 0 aliphatic heterocycles. The van der Waals surface area contributed by atoms with Gasteiger partial charge in [-0.3, -0.25) is 4.79 Å². The van der Waals surface area contributed by atoms with Crippen LogP contribution in [0.3, 0.4) is 0 Å². The van der Waals surface area contributed by atoms with Gasteiger partial charge in [-0.05, 0) is 47.0 Å². The Morgan fingerprint density at radius 3 is 2.50 bits per heavy atom. The highest BCUT2D eigenvalue weighted by atomic mass is 79.9. The van der Waals surface area contributed by atoms with Crippen LogP contribution in [0, 0.1) is 0 Å². The molecule has 0 spiro atoms. The van der Waals surface area contributed by atoms with Crippen molar-refractivity contribution < 1.29 is 9.53 Å². The molecule has 0 aliphatic rings. The van der Waals surface area contributed by atoms with Crippen molar-refractivity contribution in [2.24, 2.45) is 0 Å². The predicted octanol–water partition coefficient (Wildman–Crippen LogP) is 3.72. The molecule has 0 bridgehead atoms. The van der Waals surface area contributed by atoms with Crippen molar-refractivity contribution in [2.45, 2.75) is 32.7 Å². The molecule has 0 aliphatic carbocycles. The summed E-state index contributed by atoms with van der Waals surface area (Å²) in [4.78, 5) is 14.2. The second-order valence-electron chi connectivity index (χ2n) is 4.23. The van der Waals surface area contributed by atoms with Crippen LogP contribution in [0.25, 0.3) is 0 Å². The first-order chi connectivity index (χ1) is 8.54. The smallest absolute Gasteiger partial charge is 0.255 e. The highest BCUT2D eigenvalue weighted by molar-refractivity contribution is 9.10. The minimum Gasteiger partial charge on any atom is -0.497 e. The van der Waals surface area contributed by atoms with Gasteiger partial charge in [-0.25, -0.2) is 0 Å². The zero-order valence-corrected chi connectivity index (χ0v) is 13.0. The Morgan fingerprint density at radius 1 is 1.39 bits per heavy atom. The lowest BCUT2D eigenvalue weighted by Crippen LogP contribution is -2.36. The fourth-order valence-electron chi connectivity index (χ4n) is 1.99. The predicted molar refractivity (Wildman–Crippen MR) is 77.2 cm³/mol. The molecule has 0 aromatic heterocycles. The number of amides is 1. The molecular formula is C14H20BrNO2. The summed E-state index contributed by atoms with van der Waals surface area (Å²) < 4.78 is 5.96. The van der Waals surface area contributed by atoms with Gasteiger partial charge in [0.2, 0.25) is 0 Å². The molecule has 1 rings (SSSR count). The number of carbonyl (C=O) groups excluding carboxylic acids is 1. The highest BCUT2D eigenvalue weighted by Crippen LogP contribution is 2.24. The fourth-order valence-corrected chi connectivity index (χ4v) is 2.40. The Labute approximate surface area is 117 Å². The van der Waals surface area contributed by atoms with Crippen LogP contribution in [0.5, 0.6) is 5.75 Å².